The van der Waals surface area contributed by atoms with Gasteiger partial charge in [0.25, 0.3) is 5.91 Å². The molecule has 1 heterocycles. The number of carbonyl (C=O) groups is 1. The standard InChI is InChI=1S/C16H18N2OS/c1-3-20-11-13-7-9-14(10-8-13)16(19)18-15-6-4-5-12(2)17-15/h4-10H,3,11H2,1-2H3,(H,17,18,19). The average molecular weight is 286 g/mol. The molecule has 20 heavy (non-hydrogen) atoms. The molecule has 0 saturated carbocycles. The zero-order valence-corrected chi connectivity index (χ0v) is 12.5. The molecule has 0 unspecified atom stereocenters. The minimum Gasteiger partial charge on any atom is -0.307 e. The van der Waals surface area contributed by atoms with E-state index in [1.807, 2.05) is 55.1 Å². The van der Waals surface area contributed by atoms with Crippen LogP contribution in [-0.4, -0.2) is 16.6 Å². The van der Waals surface area contributed by atoms with Crippen LogP contribution in [-0.2, 0) is 5.75 Å². The Morgan fingerprint density at radius 1 is 1.20 bits per heavy atom. The topological polar surface area (TPSA) is 42.0 Å². The van der Waals surface area contributed by atoms with Crippen molar-refractivity contribution in [2.75, 3.05) is 11.1 Å². The number of rotatable bonds is 5. The Labute approximate surface area is 123 Å². The summed E-state index contributed by atoms with van der Waals surface area (Å²) >= 11 is 1.87. The van der Waals surface area contributed by atoms with Crippen molar-refractivity contribution in [2.24, 2.45) is 0 Å². The highest BCUT2D eigenvalue weighted by Gasteiger charge is 2.06. The number of benzene rings is 1. The van der Waals surface area contributed by atoms with E-state index in [1.54, 1.807) is 6.07 Å². The molecule has 104 valence electrons. The van der Waals surface area contributed by atoms with E-state index in [0.29, 0.717) is 11.4 Å². The Balaban J connectivity index is 2.02. The number of thioether (sulfide) groups is 1. The van der Waals surface area contributed by atoms with Gasteiger partial charge in [0.15, 0.2) is 0 Å². The third kappa shape index (κ3) is 4.10. The van der Waals surface area contributed by atoms with Crippen molar-refractivity contribution < 1.29 is 4.79 Å². The number of aryl methyl sites for hydroxylation is 1. The van der Waals surface area contributed by atoms with Crippen LogP contribution >= 0.6 is 11.8 Å². The lowest BCUT2D eigenvalue weighted by Gasteiger charge is -2.06. The van der Waals surface area contributed by atoms with Crippen LogP contribution in [0.5, 0.6) is 0 Å². The molecule has 2 rings (SSSR count). The summed E-state index contributed by atoms with van der Waals surface area (Å²) in [5.74, 6) is 2.54. The van der Waals surface area contributed by atoms with Crippen LogP contribution in [0.15, 0.2) is 42.5 Å². The second-order valence-electron chi connectivity index (χ2n) is 4.45. The molecule has 0 bridgehead atoms. The van der Waals surface area contributed by atoms with Crippen LogP contribution < -0.4 is 5.32 Å². The molecule has 0 spiro atoms. The fraction of sp³-hybridized carbons (Fsp3) is 0.250. The maximum atomic E-state index is 12.1. The molecular weight excluding hydrogens is 268 g/mol. The summed E-state index contributed by atoms with van der Waals surface area (Å²) in [4.78, 5) is 16.4. The van der Waals surface area contributed by atoms with E-state index in [1.165, 1.54) is 5.56 Å². The first-order chi connectivity index (χ1) is 9.69. The number of hydrogen-bond acceptors (Lipinski definition) is 3. The van der Waals surface area contributed by atoms with Gasteiger partial charge in [-0.1, -0.05) is 25.1 Å². The monoisotopic (exact) mass is 286 g/mol. The van der Waals surface area contributed by atoms with Crippen LogP contribution in [0.1, 0.15) is 28.5 Å². The highest BCUT2D eigenvalue weighted by atomic mass is 32.2. The molecule has 4 heteroatoms. The van der Waals surface area contributed by atoms with E-state index >= 15 is 0 Å². The molecule has 0 fully saturated rings. The predicted molar refractivity (Wildman–Crippen MR) is 85.2 cm³/mol. The van der Waals surface area contributed by atoms with Crippen molar-refractivity contribution in [3.8, 4) is 0 Å². The Hall–Kier alpha value is -1.81. The van der Waals surface area contributed by atoms with E-state index < -0.39 is 0 Å². The number of aromatic nitrogens is 1. The van der Waals surface area contributed by atoms with Gasteiger partial charge in [0.1, 0.15) is 5.82 Å². The third-order valence-electron chi connectivity index (χ3n) is 2.82. The van der Waals surface area contributed by atoms with E-state index in [-0.39, 0.29) is 5.91 Å². The Morgan fingerprint density at radius 2 is 1.95 bits per heavy atom. The molecule has 0 saturated heterocycles. The van der Waals surface area contributed by atoms with E-state index in [9.17, 15) is 4.79 Å². The lowest BCUT2D eigenvalue weighted by Crippen LogP contribution is -2.13. The largest absolute Gasteiger partial charge is 0.307 e. The van der Waals surface area contributed by atoms with Gasteiger partial charge in [-0.15, -0.1) is 0 Å². The van der Waals surface area contributed by atoms with Gasteiger partial charge < -0.3 is 5.32 Å². The minimum absolute atomic E-state index is 0.127. The average Bonchev–Trinajstić information content (AvgIpc) is 2.45. The summed E-state index contributed by atoms with van der Waals surface area (Å²) in [6, 6.07) is 13.3. The fourth-order valence-electron chi connectivity index (χ4n) is 1.77. The van der Waals surface area contributed by atoms with Crippen LogP contribution in [0.3, 0.4) is 0 Å². The summed E-state index contributed by atoms with van der Waals surface area (Å²) < 4.78 is 0. The lowest BCUT2D eigenvalue weighted by molar-refractivity contribution is 0.102. The third-order valence-corrected chi connectivity index (χ3v) is 3.76. The number of pyridine rings is 1. The second kappa shape index (κ2) is 7.10. The van der Waals surface area contributed by atoms with Crippen molar-refractivity contribution >= 4 is 23.5 Å². The van der Waals surface area contributed by atoms with E-state index in [0.717, 1.165) is 17.2 Å². The van der Waals surface area contributed by atoms with Crippen LogP contribution in [0.4, 0.5) is 5.82 Å². The van der Waals surface area contributed by atoms with Crippen molar-refractivity contribution in [3.63, 3.8) is 0 Å². The Bertz CT molecular complexity index is 581. The van der Waals surface area contributed by atoms with E-state index in [2.05, 4.69) is 17.2 Å². The van der Waals surface area contributed by atoms with Gasteiger partial charge in [-0.2, -0.15) is 11.8 Å². The minimum atomic E-state index is -0.127. The van der Waals surface area contributed by atoms with Crippen molar-refractivity contribution in [1.82, 2.24) is 4.98 Å². The van der Waals surface area contributed by atoms with Gasteiger partial charge in [0.2, 0.25) is 0 Å². The van der Waals surface area contributed by atoms with Crippen LogP contribution in [0, 0.1) is 6.92 Å². The van der Waals surface area contributed by atoms with Crippen LogP contribution in [0.25, 0.3) is 0 Å². The second-order valence-corrected chi connectivity index (χ2v) is 5.73. The zero-order chi connectivity index (χ0) is 14.4. The fourth-order valence-corrected chi connectivity index (χ4v) is 2.41. The molecule has 1 aromatic heterocycles. The van der Waals surface area contributed by atoms with Gasteiger partial charge >= 0.3 is 0 Å². The molecule has 0 atom stereocenters. The lowest BCUT2D eigenvalue weighted by atomic mass is 10.1. The smallest absolute Gasteiger partial charge is 0.256 e. The molecule has 2 aromatic rings. The molecule has 0 aliphatic carbocycles. The maximum absolute atomic E-state index is 12.1. The molecule has 0 radical (unpaired) electrons. The molecule has 1 aromatic carbocycles. The predicted octanol–water partition coefficient (Wildman–Crippen LogP) is 3.90. The summed E-state index contributed by atoms with van der Waals surface area (Å²) in [7, 11) is 0. The van der Waals surface area contributed by atoms with Gasteiger partial charge in [-0.25, -0.2) is 4.98 Å². The number of nitrogens with one attached hydrogen (secondary N) is 1. The van der Waals surface area contributed by atoms with Crippen LogP contribution in [0.2, 0.25) is 0 Å². The van der Waals surface area contributed by atoms with Gasteiger partial charge in [0, 0.05) is 17.0 Å². The first kappa shape index (κ1) is 14.6. The molecular formula is C16H18N2OS. The Kier molecular flexibility index (Phi) is 5.18. The first-order valence-corrected chi connectivity index (χ1v) is 7.76. The van der Waals surface area contributed by atoms with Crippen molar-refractivity contribution in [1.29, 1.82) is 0 Å². The quantitative estimate of drug-likeness (QED) is 0.906. The van der Waals surface area contributed by atoms with Gasteiger partial charge in [-0.05, 0) is 42.5 Å². The highest BCUT2D eigenvalue weighted by Crippen LogP contribution is 2.13. The molecule has 3 nitrogen and oxygen atoms in total. The summed E-state index contributed by atoms with van der Waals surface area (Å²) in [5, 5.41) is 2.81. The normalized spacial score (nSPS) is 10.3. The number of nitrogens with zero attached hydrogens (tertiary/aromatic N) is 1. The number of carbonyl (C=O) groups excluding carboxylic acids is 1. The van der Waals surface area contributed by atoms with Crippen molar-refractivity contribution in [2.45, 2.75) is 19.6 Å². The molecule has 0 aliphatic rings. The molecule has 1 amide bonds. The molecule has 0 aliphatic heterocycles. The van der Waals surface area contributed by atoms with E-state index in [4.69, 9.17) is 0 Å². The first-order valence-electron chi connectivity index (χ1n) is 6.60. The maximum Gasteiger partial charge on any atom is 0.256 e. The summed E-state index contributed by atoms with van der Waals surface area (Å²) in [6.45, 7) is 4.04. The zero-order valence-electron chi connectivity index (χ0n) is 11.7. The Morgan fingerprint density at radius 3 is 2.60 bits per heavy atom. The molecule has 1 N–H and O–H groups in total. The number of hydrogen-bond donors (Lipinski definition) is 1. The highest BCUT2D eigenvalue weighted by molar-refractivity contribution is 7.98. The summed E-state index contributed by atoms with van der Waals surface area (Å²) in [5.41, 5.74) is 2.77. The SMILES string of the molecule is CCSCc1ccc(C(=O)Nc2cccc(C)n2)cc1. The van der Waals surface area contributed by atoms with Gasteiger partial charge in [-0.3, -0.25) is 4.79 Å². The van der Waals surface area contributed by atoms with Gasteiger partial charge in [0.05, 0.1) is 0 Å². The summed E-state index contributed by atoms with van der Waals surface area (Å²) in [6.07, 6.45) is 0. The number of amides is 1. The van der Waals surface area contributed by atoms with Crippen molar-refractivity contribution in [3.05, 3.63) is 59.3 Å². The number of anilines is 1.